The van der Waals surface area contributed by atoms with Gasteiger partial charge in [-0.3, -0.25) is 14.3 Å². The normalized spacial score (nSPS) is 11.8. The molecule has 0 bridgehead atoms. The van der Waals surface area contributed by atoms with Crippen LogP contribution in [0, 0.1) is 11.8 Å². The number of ether oxygens (including phenoxy) is 1. The van der Waals surface area contributed by atoms with E-state index in [1.807, 2.05) is 55.1 Å². The van der Waals surface area contributed by atoms with Crippen LogP contribution >= 0.6 is 0 Å². The molecule has 0 fully saturated rings. The summed E-state index contributed by atoms with van der Waals surface area (Å²) < 4.78 is 6.98. The number of rotatable bonds is 15. The molecule has 0 unspecified atom stereocenters. The summed E-state index contributed by atoms with van der Waals surface area (Å²) in [4.78, 5) is 37.4. The summed E-state index contributed by atoms with van der Waals surface area (Å²) in [6.07, 6.45) is 8.86. The Balaban J connectivity index is 1.55. The average molecular weight is 590 g/mol. The van der Waals surface area contributed by atoms with Crippen molar-refractivity contribution in [2.45, 2.75) is 32.2 Å². The quantitative estimate of drug-likeness (QED) is 0.139. The molecular formula is C31H43N9O3. The number of aryl methyl sites for hydroxylation is 1. The van der Waals surface area contributed by atoms with Crippen molar-refractivity contribution in [2.24, 2.45) is 7.05 Å². The molecular weight excluding hydrogens is 546 g/mol. The van der Waals surface area contributed by atoms with E-state index in [2.05, 4.69) is 42.9 Å². The van der Waals surface area contributed by atoms with Crippen molar-refractivity contribution in [3.05, 3.63) is 48.3 Å². The average Bonchev–Trinajstić information content (AvgIpc) is 3.36. The summed E-state index contributed by atoms with van der Waals surface area (Å²) in [5.74, 6) is 7.00. The Morgan fingerprint density at radius 3 is 2.74 bits per heavy atom. The molecule has 0 saturated heterocycles. The van der Waals surface area contributed by atoms with Gasteiger partial charge in [0.2, 0.25) is 17.8 Å². The van der Waals surface area contributed by atoms with Crippen LogP contribution < -0.4 is 16.0 Å². The van der Waals surface area contributed by atoms with Gasteiger partial charge in [0.25, 0.3) is 0 Å². The summed E-state index contributed by atoms with van der Waals surface area (Å²) in [6, 6.07) is 5.39. The Morgan fingerprint density at radius 2 is 1.98 bits per heavy atom. The second-order valence-corrected chi connectivity index (χ2v) is 10.4. The minimum atomic E-state index is -0.579. The summed E-state index contributed by atoms with van der Waals surface area (Å²) in [5.41, 5.74) is 2.54. The van der Waals surface area contributed by atoms with Gasteiger partial charge >= 0.3 is 0 Å². The fraction of sp³-hybridized carbons (Fsp3) is 0.452. The number of likely N-dealkylation sites (N-methyl/N-ethyl adjacent to an activating group) is 2. The van der Waals surface area contributed by atoms with Crippen LogP contribution in [-0.2, 0) is 21.4 Å². The highest BCUT2D eigenvalue weighted by Crippen LogP contribution is 2.22. The van der Waals surface area contributed by atoms with Gasteiger partial charge in [0.05, 0.1) is 23.5 Å². The van der Waals surface area contributed by atoms with Gasteiger partial charge in [-0.05, 0) is 52.1 Å². The Kier molecular flexibility index (Phi) is 12.9. The molecule has 0 radical (unpaired) electrons. The highest BCUT2D eigenvalue weighted by Gasteiger charge is 2.20. The van der Waals surface area contributed by atoms with Gasteiger partial charge in [-0.25, -0.2) is 4.98 Å². The molecule has 43 heavy (non-hydrogen) atoms. The lowest BCUT2D eigenvalue weighted by Gasteiger charge is -2.23. The van der Waals surface area contributed by atoms with Crippen molar-refractivity contribution in [3.63, 3.8) is 0 Å². The van der Waals surface area contributed by atoms with Crippen molar-refractivity contribution < 1.29 is 14.3 Å². The van der Waals surface area contributed by atoms with Crippen molar-refractivity contribution >= 4 is 40.2 Å². The molecule has 1 aromatic carbocycles. The number of nitrogens with one attached hydrogen (secondary N) is 3. The van der Waals surface area contributed by atoms with E-state index in [0.29, 0.717) is 56.4 Å². The Labute approximate surface area is 253 Å². The first-order chi connectivity index (χ1) is 20.7. The topological polar surface area (TPSA) is 130 Å². The van der Waals surface area contributed by atoms with Crippen molar-refractivity contribution in [2.75, 3.05) is 65.1 Å². The SMILES string of the molecule is COCCCNc1nc(Nc2ccc3cnn(C)c3c2)ncc1C#CCCCNC(=O)[C@H](C)N(C)C(=O)/C=C/CN(C)C. The summed E-state index contributed by atoms with van der Waals surface area (Å²) in [7, 11) is 9.05. The van der Waals surface area contributed by atoms with Gasteiger partial charge in [-0.15, -0.1) is 0 Å². The van der Waals surface area contributed by atoms with Crippen LogP contribution in [0.3, 0.4) is 0 Å². The maximum atomic E-state index is 12.5. The van der Waals surface area contributed by atoms with Crippen molar-refractivity contribution in [1.29, 1.82) is 0 Å². The Morgan fingerprint density at radius 1 is 1.16 bits per heavy atom. The highest BCUT2D eigenvalue weighted by atomic mass is 16.5. The molecule has 2 amide bonds. The number of unbranched alkanes of at least 4 members (excludes halogenated alkanes) is 1. The van der Waals surface area contributed by atoms with E-state index >= 15 is 0 Å². The number of carbonyl (C=O) groups is 2. The lowest BCUT2D eigenvalue weighted by atomic mass is 10.2. The number of fused-ring (bicyclic) bond motifs is 1. The van der Waals surface area contributed by atoms with E-state index < -0.39 is 6.04 Å². The summed E-state index contributed by atoms with van der Waals surface area (Å²) in [6.45, 7) is 4.13. The van der Waals surface area contributed by atoms with E-state index in [4.69, 9.17) is 4.74 Å². The van der Waals surface area contributed by atoms with Crippen LogP contribution in [0.1, 0.15) is 31.7 Å². The predicted molar refractivity (Wildman–Crippen MR) is 170 cm³/mol. The molecule has 1 atom stereocenters. The molecule has 2 aromatic heterocycles. The third-order valence-electron chi connectivity index (χ3n) is 6.65. The van der Waals surface area contributed by atoms with Gasteiger partial charge in [-0.2, -0.15) is 10.1 Å². The first kappa shape index (κ1) is 33.0. The van der Waals surface area contributed by atoms with E-state index in [1.54, 1.807) is 33.4 Å². The zero-order valence-corrected chi connectivity index (χ0v) is 26.0. The number of anilines is 3. The molecule has 3 N–H and O–H groups in total. The van der Waals surface area contributed by atoms with E-state index in [-0.39, 0.29) is 11.8 Å². The standard InChI is InChI=1S/C31H43N9O3/c1-23(39(4)28(41)13-10-18-38(2)3)30(42)33-16-9-7-8-12-25-21-34-31(37-29(25)32-17-11-19-43-6)36-26-15-14-24-22-35-40(5)27(24)20-26/h10,13-15,20-23H,7,9,11,16-19H2,1-6H3,(H,33,42)(H2,32,34,36,37)/b13-10+/t23-/m0/s1. The number of benzene rings is 1. The molecule has 12 nitrogen and oxygen atoms in total. The van der Waals surface area contributed by atoms with Gasteiger partial charge in [-0.1, -0.05) is 17.9 Å². The number of aromatic nitrogens is 4. The van der Waals surface area contributed by atoms with Gasteiger partial charge in [0.15, 0.2) is 0 Å². The molecule has 3 rings (SSSR count). The largest absolute Gasteiger partial charge is 0.385 e. The van der Waals surface area contributed by atoms with Gasteiger partial charge < -0.3 is 30.5 Å². The summed E-state index contributed by atoms with van der Waals surface area (Å²) >= 11 is 0. The van der Waals surface area contributed by atoms with E-state index in [1.165, 1.54) is 11.0 Å². The summed E-state index contributed by atoms with van der Waals surface area (Å²) in [5, 5.41) is 14.8. The first-order valence-electron chi connectivity index (χ1n) is 14.3. The molecule has 0 aliphatic carbocycles. The maximum absolute atomic E-state index is 12.5. The number of carbonyl (C=O) groups excluding carboxylic acids is 2. The zero-order valence-electron chi connectivity index (χ0n) is 26.0. The molecule has 3 aromatic rings. The van der Waals surface area contributed by atoms with Crippen LogP contribution in [0.2, 0.25) is 0 Å². The van der Waals surface area contributed by atoms with Crippen LogP contribution in [0.15, 0.2) is 42.7 Å². The molecule has 12 heteroatoms. The number of methoxy groups -OCH3 is 1. The van der Waals surface area contributed by atoms with Crippen molar-refractivity contribution in [1.82, 2.24) is 34.9 Å². The third kappa shape index (κ3) is 10.4. The third-order valence-corrected chi connectivity index (χ3v) is 6.65. The Bertz CT molecular complexity index is 1460. The Hall–Kier alpha value is -4.47. The zero-order chi connectivity index (χ0) is 31.2. The fourth-order valence-electron chi connectivity index (χ4n) is 3.98. The maximum Gasteiger partial charge on any atom is 0.246 e. The smallest absolute Gasteiger partial charge is 0.246 e. The minimum Gasteiger partial charge on any atom is -0.385 e. The van der Waals surface area contributed by atoms with Crippen LogP contribution in [0.25, 0.3) is 10.9 Å². The van der Waals surface area contributed by atoms with Crippen molar-refractivity contribution in [3.8, 4) is 11.8 Å². The van der Waals surface area contributed by atoms with E-state index in [9.17, 15) is 9.59 Å². The second kappa shape index (κ2) is 16.8. The number of hydrogen-bond acceptors (Lipinski definition) is 9. The lowest BCUT2D eigenvalue weighted by Crippen LogP contribution is -2.45. The van der Waals surface area contributed by atoms with Gasteiger partial charge in [0.1, 0.15) is 11.9 Å². The van der Waals surface area contributed by atoms with Crippen LogP contribution in [0.5, 0.6) is 0 Å². The van der Waals surface area contributed by atoms with Crippen LogP contribution in [-0.4, -0.2) is 102 Å². The second-order valence-electron chi connectivity index (χ2n) is 10.4. The molecule has 0 aliphatic heterocycles. The molecule has 230 valence electrons. The number of hydrogen-bond donors (Lipinski definition) is 3. The molecule has 0 saturated carbocycles. The first-order valence-corrected chi connectivity index (χ1v) is 14.3. The molecule has 0 spiro atoms. The minimum absolute atomic E-state index is 0.202. The van der Waals surface area contributed by atoms with E-state index in [0.717, 1.165) is 23.0 Å². The number of amides is 2. The van der Waals surface area contributed by atoms with Crippen LogP contribution in [0.4, 0.5) is 17.5 Å². The number of nitrogens with zero attached hydrogens (tertiary/aromatic N) is 6. The molecule has 0 aliphatic rings. The lowest BCUT2D eigenvalue weighted by molar-refractivity contribution is -0.135. The predicted octanol–water partition coefficient (Wildman–Crippen LogP) is 2.77. The van der Waals surface area contributed by atoms with Gasteiger partial charge in [0, 0.05) is 71.0 Å². The fourth-order valence-corrected chi connectivity index (χ4v) is 3.98. The monoisotopic (exact) mass is 589 g/mol. The molecule has 2 heterocycles. The highest BCUT2D eigenvalue weighted by molar-refractivity contribution is 5.92.